The van der Waals surface area contributed by atoms with Gasteiger partial charge in [-0.2, -0.15) is 0 Å². The van der Waals surface area contributed by atoms with Gasteiger partial charge in [0, 0.05) is 13.1 Å². The molecule has 0 bridgehead atoms. The van der Waals surface area contributed by atoms with Gasteiger partial charge in [0.05, 0.1) is 23.8 Å². The van der Waals surface area contributed by atoms with Crippen LogP contribution >= 0.6 is 0 Å². The van der Waals surface area contributed by atoms with Gasteiger partial charge in [-0.3, -0.25) is 19.0 Å². The number of rotatable bonds is 8. The summed E-state index contributed by atoms with van der Waals surface area (Å²) in [7, 11) is 0. The van der Waals surface area contributed by atoms with Gasteiger partial charge < -0.3 is 10.2 Å². The number of carbonyl (C=O) groups excluding carboxylic acids is 2. The average molecular weight is 362 g/mol. The van der Waals surface area contributed by atoms with Gasteiger partial charge in [0.1, 0.15) is 12.4 Å². The maximum Gasteiger partial charge on any atom is 0.261 e. The fourth-order valence-corrected chi connectivity index (χ4v) is 2.55. The van der Waals surface area contributed by atoms with Gasteiger partial charge in [-0.1, -0.05) is 13.8 Å². The third-order valence-corrected chi connectivity index (χ3v) is 3.84. The monoisotopic (exact) mass is 362 g/mol. The van der Waals surface area contributed by atoms with E-state index in [-0.39, 0.29) is 30.3 Å². The van der Waals surface area contributed by atoms with Crippen LogP contribution in [0.25, 0.3) is 10.9 Å². The Balaban J connectivity index is 2.18. The molecule has 0 spiro atoms. The first-order valence-corrected chi connectivity index (χ1v) is 8.65. The van der Waals surface area contributed by atoms with Gasteiger partial charge in [0.15, 0.2) is 0 Å². The molecule has 2 amide bonds. The van der Waals surface area contributed by atoms with Gasteiger partial charge in [-0.15, -0.1) is 0 Å². The quantitative estimate of drug-likeness (QED) is 0.767. The normalized spacial score (nSPS) is 10.7. The zero-order valence-electron chi connectivity index (χ0n) is 15.0. The van der Waals surface area contributed by atoms with Crippen molar-refractivity contribution in [3.63, 3.8) is 0 Å². The van der Waals surface area contributed by atoms with E-state index < -0.39 is 11.4 Å². The van der Waals surface area contributed by atoms with Crippen molar-refractivity contribution < 1.29 is 14.0 Å². The third-order valence-electron chi connectivity index (χ3n) is 3.84. The Bertz CT molecular complexity index is 850. The lowest BCUT2D eigenvalue weighted by Gasteiger charge is -2.22. The second-order valence-corrected chi connectivity index (χ2v) is 6.00. The first-order valence-electron chi connectivity index (χ1n) is 8.65. The Hall–Kier alpha value is -2.77. The zero-order valence-corrected chi connectivity index (χ0v) is 15.0. The van der Waals surface area contributed by atoms with E-state index in [1.807, 2.05) is 13.8 Å². The highest BCUT2D eigenvalue weighted by atomic mass is 19.1. The van der Waals surface area contributed by atoms with E-state index in [0.29, 0.717) is 25.0 Å². The topological polar surface area (TPSA) is 84.3 Å². The largest absolute Gasteiger partial charge is 0.355 e. The van der Waals surface area contributed by atoms with Gasteiger partial charge >= 0.3 is 0 Å². The van der Waals surface area contributed by atoms with Gasteiger partial charge in [0.2, 0.25) is 11.8 Å². The molecular weight excluding hydrogens is 339 g/mol. The van der Waals surface area contributed by atoms with Crippen molar-refractivity contribution in [3.05, 3.63) is 40.7 Å². The highest BCUT2D eigenvalue weighted by Gasteiger charge is 2.18. The molecule has 0 saturated heterocycles. The molecule has 1 aromatic heterocycles. The molecule has 1 heterocycles. The molecule has 7 nitrogen and oxygen atoms in total. The van der Waals surface area contributed by atoms with Crippen LogP contribution in [0.2, 0.25) is 0 Å². The standard InChI is InChI=1S/C18H23FN4O3/c1-3-7-20-16(24)10-22(8-4-2)17(25)11-23-12-21-15-6-5-13(19)9-14(15)18(23)26/h5-6,9,12H,3-4,7-8,10-11H2,1-2H3,(H,20,24). The number of hydrogen-bond acceptors (Lipinski definition) is 4. The number of aromatic nitrogens is 2. The molecule has 0 aliphatic carbocycles. The van der Waals surface area contributed by atoms with Crippen LogP contribution in [0.5, 0.6) is 0 Å². The molecule has 2 rings (SSSR count). The fourth-order valence-electron chi connectivity index (χ4n) is 2.55. The van der Waals surface area contributed by atoms with Crippen LogP contribution in [-0.2, 0) is 16.1 Å². The van der Waals surface area contributed by atoms with Crippen LogP contribution in [0.1, 0.15) is 26.7 Å². The summed E-state index contributed by atoms with van der Waals surface area (Å²) in [6.07, 6.45) is 2.76. The molecule has 1 N–H and O–H groups in total. The van der Waals surface area contributed by atoms with E-state index in [2.05, 4.69) is 10.3 Å². The lowest BCUT2D eigenvalue weighted by atomic mass is 10.2. The summed E-state index contributed by atoms with van der Waals surface area (Å²) in [4.78, 5) is 42.4. The summed E-state index contributed by atoms with van der Waals surface area (Å²) in [5.74, 6) is -1.14. The molecule has 0 radical (unpaired) electrons. The number of hydrogen-bond donors (Lipinski definition) is 1. The molecule has 26 heavy (non-hydrogen) atoms. The highest BCUT2D eigenvalue weighted by Crippen LogP contribution is 2.08. The predicted molar refractivity (Wildman–Crippen MR) is 96.1 cm³/mol. The summed E-state index contributed by atoms with van der Waals surface area (Å²) in [6, 6.07) is 3.75. The van der Waals surface area contributed by atoms with Crippen LogP contribution in [0.4, 0.5) is 4.39 Å². The number of amides is 2. The number of benzene rings is 1. The second-order valence-electron chi connectivity index (χ2n) is 6.00. The molecule has 0 unspecified atom stereocenters. The molecule has 0 fully saturated rings. The molecule has 1 aromatic carbocycles. The first kappa shape index (κ1) is 19.6. The SMILES string of the molecule is CCCNC(=O)CN(CCC)C(=O)Cn1cnc2ccc(F)cc2c1=O. The van der Waals surface area contributed by atoms with Gasteiger partial charge in [0.25, 0.3) is 5.56 Å². The summed E-state index contributed by atoms with van der Waals surface area (Å²) in [6.45, 7) is 4.49. The Morgan fingerprint density at radius 2 is 2.04 bits per heavy atom. The number of fused-ring (bicyclic) bond motifs is 1. The van der Waals surface area contributed by atoms with Crippen molar-refractivity contribution in [1.29, 1.82) is 0 Å². The molecule has 140 valence electrons. The minimum atomic E-state index is -0.541. The van der Waals surface area contributed by atoms with Crippen molar-refractivity contribution in [2.24, 2.45) is 0 Å². The molecule has 0 atom stereocenters. The Labute approximate surface area is 150 Å². The maximum atomic E-state index is 13.4. The van der Waals surface area contributed by atoms with Crippen LogP contribution < -0.4 is 10.9 Å². The van der Waals surface area contributed by atoms with E-state index >= 15 is 0 Å². The third kappa shape index (κ3) is 4.87. The zero-order chi connectivity index (χ0) is 19.1. The fraction of sp³-hybridized carbons (Fsp3) is 0.444. The van der Waals surface area contributed by atoms with E-state index in [9.17, 15) is 18.8 Å². The summed E-state index contributed by atoms with van der Waals surface area (Å²) >= 11 is 0. The molecule has 0 aliphatic rings. The highest BCUT2D eigenvalue weighted by molar-refractivity contribution is 5.85. The van der Waals surface area contributed by atoms with Crippen molar-refractivity contribution in [3.8, 4) is 0 Å². The molecule has 0 saturated carbocycles. The van der Waals surface area contributed by atoms with Gasteiger partial charge in [-0.25, -0.2) is 9.37 Å². The van der Waals surface area contributed by atoms with Crippen molar-refractivity contribution >= 4 is 22.7 Å². The van der Waals surface area contributed by atoms with E-state index in [1.165, 1.54) is 23.4 Å². The number of nitrogens with zero attached hydrogens (tertiary/aromatic N) is 3. The molecular formula is C18H23FN4O3. The predicted octanol–water partition coefficient (Wildman–Crippen LogP) is 1.30. The lowest BCUT2D eigenvalue weighted by molar-refractivity contribution is -0.136. The van der Waals surface area contributed by atoms with E-state index in [4.69, 9.17) is 0 Å². The number of halogens is 1. The molecule has 8 heteroatoms. The van der Waals surface area contributed by atoms with Crippen LogP contribution in [0.3, 0.4) is 0 Å². The van der Waals surface area contributed by atoms with Gasteiger partial charge in [-0.05, 0) is 31.0 Å². The minimum Gasteiger partial charge on any atom is -0.355 e. The van der Waals surface area contributed by atoms with Crippen LogP contribution in [0, 0.1) is 5.82 Å². The average Bonchev–Trinajstić information content (AvgIpc) is 2.62. The summed E-state index contributed by atoms with van der Waals surface area (Å²) < 4.78 is 14.5. The van der Waals surface area contributed by atoms with Crippen molar-refractivity contribution in [2.45, 2.75) is 33.2 Å². The van der Waals surface area contributed by atoms with Crippen LogP contribution in [0.15, 0.2) is 29.3 Å². The van der Waals surface area contributed by atoms with Crippen LogP contribution in [-0.4, -0.2) is 45.9 Å². The number of nitrogens with one attached hydrogen (secondary N) is 1. The lowest BCUT2D eigenvalue weighted by Crippen LogP contribution is -2.43. The number of carbonyl (C=O) groups is 2. The summed E-state index contributed by atoms with van der Waals surface area (Å²) in [5, 5.41) is 2.84. The first-order chi connectivity index (χ1) is 12.5. The second kappa shape index (κ2) is 9.07. The minimum absolute atomic E-state index is 0.0585. The Morgan fingerprint density at radius 1 is 1.27 bits per heavy atom. The van der Waals surface area contributed by atoms with E-state index in [0.717, 1.165) is 17.1 Å². The molecule has 0 aliphatic heterocycles. The smallest absolute Gasteiger partial charge is 0.261 e. The maximum absolute atomic E-state index is 13.4. The van der Waals surface area contributed by atoms with Crippen molar-refractivity contribution in [2.75, 3.05) is 19.6 Å². The Morgan fingerprint density at radius 3 is 2.73 bits per heavy atom. The van der Waals surface area contributed by atoms with E-state index in [1.54, 1.807) is 0 Å². The molecule has 2 aromatic rings. The Kier molecular flexibility index (Phi) is 6.82. The van der Waals surface area contributed by atoms with Crippen molar-refractivity contribution in [1.82, 2.24) is 19.8 Å². The summed E-state index contributed by atoms with van der Waals surface area (Å²) in [5.41, 5.74) is -0.126.